The van der Waals surface area contributed by atoms with Crippen LogP contribution in [0.5, 0.6) is 0 Å². The number of thiazole rings is 1. The number of anilines is 1. The Morgan fingerprint density at radius 1 is 1.04 bits per heavy atom. The van der Waals surface area contributed by atoms with Crippen molar-refractivity contribution in [3.8, 4) is 11.3 Å². The second-order valence-electron chi connectivity index (χ2n) is 7.31. The highest BCUT2D eigenvalue weighted by Gasteiger charge is 2.19. The van der Waals surface area contributed by atoms with Crippen molar-refractivity contribution < 1.29 is 4.79 Å². The van der Waals surface area contributed by atoms with Crippen LogP contribution in [0, 0.1) is 6.92 Å². The maximum atomic E-state index is 12.6. The lowest BCUT2D eigenvalue weighted by Crippen LogP contribution is -2.28. The van der Waals surface area contributed by atoms with E-state index in [1.54, 1.807) is 11.3 Å². The highest BCUT2D eigenvalue weighted by molar-refractivity contribution is 7.16. The molecule has 1 N–H and O–H groups in total. The van der Waals surface area contributed by atoms with Gasteiger partial charge in [0.25, 0.3) is 5.91 Å². The first-order valence-electron chi connectivity index (χ1n) is 9.84. The van der Waals surface area contributed by atoms with Crippen LogP contribution in [0.2, 0.25) is 0 Å². The Bertz CT molecular complexity index is 928. The molecule has 1 aliphatic rings. The zero-order valence-corrected chi connectivity index (χ0v) is 17.0. The molecule has 1 fully saturated rings. The summed E-state index contributed by atoms with van der Waals surface area (Å²) in [6.07, 6.45) is 3.84. The minimum absolute atomic E-state index is 0.116. The SMILES string of the molecule is Cc1ccc(-c2nc(NC(=O)c3ccccc3)sc2CN2CCCCC2)cc1. The predicted molar refractivity (Wildman–Crippen MR) is 116 cm³/mol. The van der Waals surface area contributed by atoms with Crippen molar-refractivity contribution in [2.24, 2.45) is 0 Å². The van der Waals surface area contributed by atoms with E-state index in [4.69, 9.17) is 4.98 Å². The van der Waals surface area contributed by atoms with E-state index in [1.165, 1.54) is 29.7 Å². The Balaban J connectivity index is 1.61. The van der Waals surface area contributed by atoms with Gasteiger partial charge in [-0.25, -0.2) is 4.98 Å². The van der Waals surface area contributed by atoms with Crippen LogP contribution in [0.4, 0.5) is 5.13 Å². The third kappa shape index (κ3) is 4.49. The first-order chi connectivity index (χ1) is 13.7. The van der Waals surface area contributed by atoms with Gasteiger partial charge in [-0.2, -0.15) is 0 Å². The van der Waals surface area contributed by atoms with Crippen LogP contribution in [-0.4, -0.2) is 28.9 Å². The van der Waals surface area contributed by atoms with Crippen LogP contribution in [0.1, 0.15) is 40.1 Å². The number of amides is 1. The third-order valence-electron chi connectivity index (χ3n) is 5.09. The summed E-state index contributed by atoms with van der Waals surface area (Å²) in [5.74, 6) is -0.116. The molecule has 0 unspecified atom stereocenters. The van der Waals surface area contributed by atoms with Crippen LogP contribution < -0.4 is 5.32 Å². The number of hydrogen-bond acceptors (Lipinski definition) is 4. The van der Waals surface area contributed by atoms with E-state index in [0.717, 1.165) is 30.9 Å². The number of piperidine rings is 1. The van der Waals surface area contributed by atoms with Crippen molar-refractivity contribution in [1.82, 2.24) is 9.88 Å². The fraction of sp³-hybridized carbons (Fsp3) is 0.304. The van der Waals surface area contributed by atoms with Gasteiger partial charge in [0.15, 0.2) is 5.13 Å². The predicted octanol–water partition coefficient (Wildman–Crippen LogP) is 5.36. The fourth-order valence-electron chi connectivity index (χ4n) is 3.53. The molecule has 4 nitrogen and oxygen atoms in total. The van der Waals surface area contributed by atoms with Crippen LogP contribution in [0.25, 0.3) is 11.3 Å². The molecule has 1 amide bonds. The number of nitrogens with zero attached hydrogens (tertiary/aromatic N) is 2. The summed E-state index contributed by atoms with van der Waals surface area (Å²) in [6, 6.07) is 17.7. The van der Waals surface area contributed by atoms with Gasteiger partial charge in [-0.15, -0.1) is 0 Å². The molecule has 4 rings (SSSR count). The fourth-order valence-corrected chi connectivity index (χ4v) is 4.55. The zero-order chi connectivity index (χ0) is 19.3. The minimum atomic E-state index is -0.116. The number of rotatable bonds is 5. The van der Waals surface area contributed by atoms with Crippen molar-refractivity contribution in [2.45, 2.75) is 32.7 Å². The number of aryl methyl sites for hydroxylation is 1. The van der Waals surface area contributed by atoms with E-state index in [2.05, 4.69) is 41.4 Å². The van der Waals surface area contributed by atoms with Crippen molar-refractivity contribution in [3.63, 3.8) is 0 Å². The second kappa shape index (κ2) is 8.67. The van der Waals surface area contributed by atoms with Crippen molar-refractivity contribution in [3.05, 3.63) is 70.6 Å². The summed E-state index contributed by atoms with van der Waals surface area (Å²) in [7, 11) is 0. The van der Waals surface area contributed by atoms with Crippen molar-refractivity contribution >= 4 is 22.4 Å². The van der Waals surface area contributed by atoms with Gasteiger partial charge >= 0.3 is 0 Å². The molecular formula is C23H25N3OS. The Kier molecular flexibility index (Phi) is 5.84. The lowest BCUT2D eigenvalue weighted by atomic mass is 10.1. The second-order valence-corrected chi connectivity index (χ2v) is 8.40. The maximum absolute atomic E-state index is 12.6. The number of hydrogen-bond donors (Lipinski definition) is 1. The van der Waals surface area contributed by atoms with Gasteiger partial charge in [0.2, 0.25) is 0 Å². The van der Waals surface area contributed by atoms with Gasteiger partial charge in [-0.3, -0.25) is 15.0 Å². The molecule has 3 aromatic rings. The molecule has 144 valence electrons. The maximum Gasteiger partial charge on any atom is 0.257 e. The number of nitrogens with one attached hydrogen (secondary N) is 1. The monoisotopic (exact) mass is 391 g/mol. The zero-order valence-electron chi connectivity index (χ0n) is 16.1. The van der Waals surface area contributed by atoms with Gasteiger partial charge in [0, 0.05) is 22.5 Å². The standard InChI is InChI=1S/C23H25N3OS/c1-17-10-12-18(13-11-17)21-20(16-26-14-6-3-7-15-26)28-23(24-21)25-22(27)19-8-4-2-5-9-19/h2,4-5,8-13H,3,6-7,14-16H2,1H3,(H,24,25,27). The molecule has 0 saturated carbocycles. The molecule has 1 saturated heterocycles. The third-order valence-corrected chi connectivity index (χ3v) is 6.05. The first kappa shape index (κ1) is 18.8. The summed E-state index contributed by atoms with van der Waals surface area (Å²) in [4.78, 5) is 21.1. The van der Waals surface area contributed by atoms with Gasteiger partial charge in [-0.1, -0.05) is 65.8 Å². The smallest absolute Gasteiger partial charge is 0.257 e. The highest BCUT2D eigenvalue weighted by atomic mass is 32.1. The largest absolute Gasteiger partial charge is 0.298 e. The molecule has 28 heavy (non-hydrogen) atoms. The molecule has 0 radical (unpaired) electrons. The Labute approximate surface area is 170 Å². The lowest BCUT2D eigenvalue weighted by molar-refractivity contribution is 0.102. The van der Waals surface area contributed by atoms with Crippen molar-refractivity contribution in [1.29, 1.82) is 0 Å². The van der Waals surface area contributed by atoms with E-state index in [-0.39, 0.29) is 5.91 Å². The first-order valence-corrected chi connectivity index (χ1v) is 10.7. The van der Waals surface area contributed by atoms with E-state index in [1.807, 2.05) is 30.3 Å². The van der Waals surface area contributed by atoms with Crippen LogP contribution >= 0.6 is 11.3 Å². The number of benzene rings is 2. The number of carbonyl (C=O) groups is 1. The Hall–Kier alpha value is -2.50. The topological polar surface area (TPSA) is 45.2 Å². The normalized spacial score (nSPS) is 14.8. The van der Waals surface area contributed by atoms with Gasteiger partial charge < -0.3 is 0 Å². The molecular weight excluding hydrogens is 366 g/mol. The van der Waals surface area contributed by atoms with Crippen LogP contribution in [0.15, 0.2) is 54.6 Å². The van der Waals surface area contributed by atoms with E-state index in [0.29, 0.717) is 10.7 Å². The molecule has 1 aromatic heterocycles. The van der Waals surface area contributed by atoms with E-state index < -0.39 is 0 Å². The Morgan fingerprint density at radius 3 is 2.46 bits per heavy atom. The summed E-state index contributed by atoms with van der Waals surface area (Å²) >= 11 is 1.59. The lowest BCUT2D eigenvalue weighted by Gasteiger charge is -2.26. The van der Waals surface area contributed by atoms with Crippen LogP contribution in [-0.2, 0) is 6.54 Å². The highest BCUT2D eigenvalue weighted by Crippen LogP contribution is 2.33. The summed E-state index contributed by atoms with van der Waals surface area (Å²) < 4.78 is 0. The number of aromatic nitrogens is 1. The minimum Gasteiger partial charge on any atom is -0.298 e. The van der Waals surface area contributed by atoms with Gasteiger partial charge in [0.1, 0.15) is 0 Å². The molecule has 0 spiro atoms. The van der Waals surface area contributed by atoms with Crippen LogP contribution in [0.3, 0.4) is 0 Å². The number of likely N-dealkylation sites (tertiary alicyclic amines) is 1. The molecule has 2 heterocycles. The average Bonchev–Trinajstić information content (AvgIpc) is 3.12. The Morgan fingerprint density at radius 2 is 1.75 bits per heavy atom. The summed E-state index contributed by atoms with van der Waals surface area (Å²) in [5, 5.41) is 3.65. The quantitative estimate of drug-likeness (QED) is 0.637. The van der Waals surface area contributed by atoms with Gasteiger partial charge in [-0.05, 0) is 45.0 Å². The molecule has 1 aliphatic heterocycles. The van der Waals surface area contributed by atoms with Gasteiger partial charge in [0.05, 0.1) is 5.69 Å². The van der Waals surface area contributed by atoms with Crippen molar-refractivity contribution in [2.75, 3.05) is 18.4 Å². The number of carbonyl (C=O) groups excluding carboxylic acids is 1. The average molecular weight is 392 g/mol. The molecule has 0 bridgehead atoms. The molecule has 0 aliphatic carbocycles. The van der Waals surface area contributed by atoms with E-state index in [9.17, 15) is 4.79 Å². The summed E-state index contributed by atoms with van der Waals surface area (Å²) in [6.45, 7) is 5.25. The molecule has 2 aromatic carbocycles. The summed E-state index contributed by atoms with van der Waals surface area (Å²) in [5.41, 5.74) is 3.97. The molecule has 0 atom stereocenters. The molecule has 5 heteroatoms. The van der Waals surface area contributed by atoms with E-state index >= 15 is 0 Å².